The van der Waals surface area contributed by atoms with Gasteiger partial charge in [0.1, 0.15) is 48.3 Å². The van der Waals surface area contributed by atoms with E-state index in [1.165, 1.54) is 10.8 Å². The Morgan fingerprint density at radius 1 is 1.11 bits per heavy atom. The zero-order valence-corrected chi connectivity index (χ0v) is 25.4. The average molecular weight is 698 g/mol. The van der Waals surface area contributed by atoms with Gasteiger partial charge in [0, 0.05) is 6.20 Å². The van der Waals surface area contributed by atoms with Crippen LogP contribution in [0.15, 0.2) is 23.6 Å². The zero-order chi connectivity index (χ0) is 33.8. The molecule has 2 fully saturated rings. The molecule has 2 saturated heterocycles. The number of rotatable bonds is 10. The number of hydrogen-bond donors (Lipinski definition) is 8. The summed E-state index contributed by atoms with van der Waals surface area (Å²) in [6, 6.07) is 0. The fourth-order valence-corrected chi connectivity index (χ4v) is 6.43. The second-order valence-corrected chi connectivity index (χ2v) is 12.6. The summed E-state index contributed by atoms with van der Waals surface area (Å²) in [7, 11) is -8.03. The third-order valence-electron chi connectivity index (χ3n) is 7.31. The number of anilines is 2. The van der Waals surface area contributed by atoms with Gasteiger partial charge in [0.25, 0.3) is 11.9 Å². The lowest BCUT2D eigenvalue weighted by atomic mass is 10.1. The number of ether oxygens (including phenoxy) is 3. The van der Waals surface area contributed by atoms with Crippen LogP contribution in [-0.4, -0.2) is 109 Å². The second kappa shape index (κ2) is 12.6. The molecule has 47 heavy (non-hydrogen) atoms. The number of nitrogen functional groups attached to an aromatic ring is 2. The number of H-pyrrole nitrogens is 1. The minimum atomic E-state index is -5.19. The standard InChI is InChI=1S/C23H25N9O13P2/c1-2-8-3-31(17-10(8)16(24)26-5-27-17)20-13(34)12(33)9(43-20)4-42-47(39,40)45-15-14(35)22(41-7-46(37)38)44-21(15)32-6-28-11-18(32)29-23(25)30-19(11)36/h1,3,5-6,9,12-15,20-22,33-35H,4,7H2,(H6-,24,25,26,27,29,30,36,37,38,39,40)/p+1/t9-,12+,13+,14-,15+,20-,21-,22+/m1/s1. The second-order valence-electron chi connectivity index (χ2n) is 10.2. The molecule has 250 valence electrons. The number of phosphoric ester groups is 1. The number of nitrogens with two attached hydrogens (primary N) is 2. The van der Waals surface area contributed by atoms with Gasteiger partial charge in [-0.15, -0.1) is 6.42 Å². The van der Waals surface area contributed by atoms with E-state index in [2.05, 4.69) is 30.8 Å². The fourth-order valence-electron chi connectivity index (χ4n) is 5.22. The van der Waals surface area contributed by atoms with Crippen molar-refractivity contribution < 1.29 is 57.5 Å². The van der Waals surface area contributed by atoms with Crippen LogP contribution in [0.4, 0.5) is 11.8 Å². The summed E-state index contributed by atoms with van der Waals surface area (Å²) in [5, 5.41) is 32.7. The number of aromatic amines is 1. The summed E-state index contributed by atoms with van der Waals surface area (Å²) in [4.78, 5) is 50.3. The van der Waals surface area contributed by atoms with Crippen molar-refractivity contribution in [2.45, 2.75) is 49.3 Å². The van der Waals surface area contributed by atoms with E-state index >= 15 is 0 Å². The molecule has 22 nitrogen and oxygen atoms in total. The summed E-state index contributed by atoms with van der Waals surface area (Å²) in [6.45, 7) is -0.818. The first-order valence-electron chi connectivity index (χ1n) is 13.4. The van der Waals surface area contributed by atoms with Gasteiger partial charge in [0.05, 0.1) is 23.9 Å². The van der Waals surface area contributed by atoms with Gasteiger partial charge >= 0.3 is 15.9 Å². The number of aromatic nitrogens is 7. The largest absolute Gasteiger partial charge is 0.534 e. The molecule has 0 radical (unpaired) electrons. The SMILES string of the molecule is C#Cc1cn([C@@H]2O[C@H](COP(=O)(O)O[C@H]3[C@@H](O)[C@@H](OC[P+](=O)O)O[C@H]3n3cnc4c(=O)[nH]c(N)nc43)[C@H](O)[C@@H]2O)c2ncnc(N)c12. The molecule has 10 atom stereocenters. The Bertz CT molecular complexity index is 2000. The van der Waals surface area contributed by atoms with Crippen molar-refractivity contribution in [1.29, 1.82) is 0 Å². The predicted octanol–water partition coefficient (Wildman–Crippen LogP) is -2.24. The number of phosphoric acid groups is 1. The fraction of sp³-hybridized carbons (Fsp3) is 0.435. The Labute approximate surface area is 262 Å². The van der Waals surface area contributed by atoms with Gasteiger partial charge in [-0.2, -0.15) is 9.88 Å². The van der Waals surface area contributed by atoms with Gasteiger partial charge < -0.3 is 50.5 Å². The van der Waals surface area contributed by atoms with Gasteiger partial charge in [-0.05, 0) is 4.57 Å². The molecule has 2 aliphatic rings. The normalized spacial score (nSPS) is 29.3. The molecule has 24 heteroatoms. The number of fused-ring (bicyclic) bond motifs is 2. The summed E-state index contributed by atoms with van der Waals surface area (Å²) in [6.07, 6.45) is -4.46. The minimum absolute atomic E-state index is 0.0666. The van der Waals surface area contributed by atoms with Crippen molar-refractivity contribution in [3.05, 3.63) is 34.8 Å². The molecular formula is C23H26N9O13P2+. The number of nitrogens with zero attached hydrogens (tertiary/aromatic N) is 6. The molecule has 6 rings (SSSR count). The molecule has 2 unspecified atom stereocenters. The Morgan fingerprint density at radius 3 is 2.60 bits per heavy atom. The van der Waals surface area contributed by atoms with E-state index in [0.717, 1.165) is 17.2 Å². The van der Waals surface area contributed by atoms with E-state index < -0.39 is 83.6 Å². The first-order chi connectivity index (χ1) is 22.3. The zero-order valence-electron chi connectivity index (χ0n) is 23.6. The molecule has 2 aliphatic heterocycles. The maximum atomic E-state index is 13.2. The lowest BCUT2D eigenvalue weighted by Crippen LogP contribution is -2.36. The molecule has 10 N–H and O–H groups in total. The van der Waals surface area contributed by atoms with Crippen LogP contribution in [0.1, 0.15) is 18.0 Å². The first-order valence-corrected chi connectivity index (χ1v) is 16.2. The quantitative estimate of drug-likeness (QED) is 0.0641. The van der Waals surface area contributed by atoms with Crippen LogP contribution < -0.4 is 17.0 Å². The van der Waals surface area contributed by atoms with E-state index in [0.29, 0.717) is 5.39 Å². The van der Waals surface area contributed by atoms with E-state index in [1.807, 2.05) is 0 Å². The Kier molecular flexibility index (Phi) is 8.83. The van der Waals surface area contributed by atoms with Crippen LogP contribution in [0.5, 0.6) is 0 Å². The monoisotopic (exact) mass is 698 g/mol. The van der Waals surface area contributed by atoms with E-state index in [-0.39, 0.29) is 34.1 Å². The molecule has 0 amide bonds. The van der Waals surface area contributed by atoms with Crippen LogP contribution >= 0.6 is 15.9 Å². The highest BCUT2D eigenvalue weighted by Gasteiger charge is 2.52. The number of imidazole rings is 1. The number of nitrogens with one attached hydrogen (secondary N) is 1. The average Bonchev–Trinajstić information content (AvgIpc) is 3.75. The van der Waals surface area contributed by atoms with E-state index in [9.17, 15) is 34.1 Å². The van der Waals surface area contributed by atoms with Gasteiger partial charge in [0.15, 0.2) is 29.9 Å². The van der Waals surface area contributed by atoms with Gasteiger partial charge in [0.2, 0.25) is 5.95 Å². The van der Waals surface area contributed by atoms with Crippen LogP contribution in [0.3, 0.4) is 0 Å². The third-order valence-corrected chi connectivity index (χ3v) is 8.66. The van der Waals surface area contributed by atoms with Crippen molar-refractivity contribution in [2.24, 2.45) is 0 Å². The molecule has 0 spiro atoms. The van der Waals surface area contributed by atoms with Crippen molar-refractivity contribution in [1.82, 2.24) is 34.1 Å². The summed E-state index contributed by atoms with van der Waals surface area (Å²) >= 11 is 0. The van der Waals surface area contributed by atoms with E-state index in [4.69, 9.17) is 46.0 Å². The first kappa shape index (κ1) is 33.0. The number of terminal acetylenes is 1. The number of hydrogen-bond acceptors (Lipinski definition) is 17. The molecular weight excluding hydrogens is 672 g/mol. The third kappa shape index (κ3) is 6.12. The van der Waals surface area contributed by atoms with Crippen LogP contribution in [0, 0.1) is 12.3 Å². The number of aliphatic hydroxyl groups excluding tert-OH is 3. The lowest BCUT2D eigenvalue weighted by molar-refractivity contribution is -0.166. The van der Waals surface area contributed by atoms with Crippen LogP contribution in [-0.2, 0) is 32.4 Å². The van der Waals surface area contributed by atoms with Gasteiger partial charge in [-0.1, -0.05) is 5.92 Å². The molecule has 0 aromatic carbocycles. The molecule has 0 aliphatic carbocycles. The lowest BCUT2D eigenvalue weighted by Gasteiger charge is -2.24. The molecule has 6 heterocycles. The number of aliphatic hydroxyl groups is 3. The van der Waals surface area contributed by atoms with Crippen molar-refractivity contribution in [3.63, 3.8) is 0 Å². The minimum Gasteiger partial charge on any atom is -0.387 e. The highest BCUT2D eigenvalue weighted by atomic mass is 31.2. The Morgan fingerprint density at radius 2 is 1.87 bits per heavy atom. The van der Waals surface area contributed by atoms with E-state index in [1.54, 1.807) is 0 Å². The maximum absolute atomic E-state index is 13.2. The maximum Gasteiger partial charge on any atom is 0.534 e. The Hall–Kier alpha value is -3.94. The van der Waals surface area contributed by atoms with Crippen molar-refractivity contribution in [3.8, 4) is 12.3 Å². The predicted molar refractivity (Wildman–Crippen MR) is 155 cm³/mol. The van der Waals surface area contributed by atoms with Gasteiger partial charge in [-0.3, -0.25) is 23.4 Å². The highest BCUT2D eigenvalue weighted by Crippen LogP contribution is 2.50. The summed E-state index contributed by atoms with van der Waals surface area (Å²) in [5.41, 5.74) is 10.9. The summed E-state index contributed by atoms with van der Waals surface area (Å²) < 4.78 is 53.6. The van der Waals surface area contributed by atoms with Gasteiger partial charge in [-0.25, -0.2) is 19.5 Å². The Balaban J connectivity index is 1.21. The molecule has 0 saturated carbocycles. The smallest absolute Gasteiger partial charge is 0.387 e. The topological polar surface area (TPSA) is 328 Å². The van der Waals surface area contributed by atoms with Crippen LogP contribution in [0.25, 0.3) is 22.2 Å². The summed E-state index contributed by atoms with van der Waals surface area (Å²) in [5.74, 6) is 2.19. The molecule has 4 aromatic heterocycles. The van der Waals surface area contributed by atoms with Crippen molar-refractivity contribution >= 4 is 49.8 Å². The molecule has 0 bridgehead atoms. The highest BCUT2D eigenvalue weighted by molar-refractivity contribution is 7.47. The van der Waals surface area contributed by atoms with Crippen molar-refractivity contribution in [2.75, 3.05) is 24.4 Å². The van der Waals surface area contributed by atoms with Crippen LogP contribution in [0.2, 0.25) is 0 Å². The molecule has 4 aromatic rings.